The Morgan fingerprint density at radius 1 is 1.06 bits per heavy atom. The van der Waals surface area contributed by atoms with Crippen molar-refractivity contribution in [2.75, 3.05) is 6.54 Å². The molecule has 0 amide bonds. The third-order valence-electron chi connectivity index (χ3n) is 4.61. The molecule has 162 valence electrons. The average Bonchev–Trinajstić information content (AvgIpc) is 3.19. The zero-order chi connectivity index (χ0) is 22.6. The SMILES string of the molecule is C=C(NCC(F)(F)F)c1ccccc1Sc1ccc2c(/C=C/c3ccccn3)n[nH]c2c1. The molecular formula is C24H19F3N4S. The van der Waals surface area contributed by atoms with E-state index in [-0.39, 0.29) is 5.70 Å². The first-order valence-corrected chi connectivity index (χ1v) is 10.5. The predicted molar refractivity (Wildman–Crippen MR) is 123 cm³/mol. The number of pyridine rings is 1. The van der Waals surface area contributed by atoms with E-state index in [0.717, 1.165) is 32.1 Å². The maximum absolute atomic E-state index is 12.6. The van der Waals surface area contributed by atoms with Crippen molar-refractivity contribution < 1.29 is 13.2 Å². The molecule has 2 aromatic carbocycles. The number of hydrogen-bond acceptors (Lipinski definition) is 4. The van der Waals surface area contributed by atoms with Crippen LogP contribution in [0.25, 0.3) is 28.8 Å². The second kappa shape index (κ2) is 9.32. The molecule has 2 N–H and O–H groups in total. The Morgan fingerprint density at radius 3 is 2.66 bits per heavy atom. The molecule has 0 radical (unpaired) electrons. The van der Waals surface area contributed by atoms with E-state index in [1.54, 1.807) is 18.3 Å². The molecule has 0 aliphatic rings. The molecule has 8 heteroatoms. The Balaban J connectivity index is 1.53. The Labute approximate surface area is 187 Å². The smallest absolute Gasteiger partial charge is 0.376 e. The molecule has 0 aliphatic heterocycles. The van der Waals surface area contributed by atoms with Gasteiger partial charge in [-0.1, -0.05) is 42.6 Å². The standard InChI is InChI=1S/C24H19F3N4S/c1-16(29-15-24(25,26)27)19-7-2-3-8-23(19)32-18-10-11-20-21(30-31-22(20)14-18)12-9-17-6-4-5-13-28-17/h2-14,29H,1,15H2,(H,30,31)/b12-9+. The van der Waals surface area contributed by atoms with Gasteiger partial charge in [0.15, 0.2) is 0 Å². The second-order valence-electron chi connectivity index (χ2n) is 6.95. The molecular weight excluding hydrogens is 433 g/mol. The molecule has 4 nitrogen and oxygen atoms in total. The molecule has 2 aromatic heterocycles. The number of nitrogens with zero attached hydrogens (tertiary/aromatic N) is 2. The van der Waals surface area contributed by atoms with E-state index in [0.29, 0.717) is 5.56 Å². The molecule has 0 saturated heterocycles. The Morgan fingerprint density at radius 2 is 1.88 bits per heavy atom. The van der Waals surface area contributed by atoms with Crippen LogP contribution in [0, 0.1) is 0 Å². The van der Waals surface area contributed by atoms with Crippen molar-refractivity contribution in [2.24, 2.45) is 0 Å². The largest absolute Gasteiger partial charge is 0.405 e. The summed E-state index contributed by atoms with van der Waals surface area (Å²) in [6.07, 6.45) is 1.23. The van der Waals surface area contributed by atoms with Crippen LogP contribution in [0.4, 0.5) is 13.2 Å². The second-order valence-corrected chi connectivity index (χ2v) is 8.07. The quantitative estimate of drug-likeness (QED) is 0.341. The van der Waals surface area contributed by atoms with Gasteiger partial charge in [-0.15, -0.1) is 0 Å². The molecule has 2 heterocycles. The van der Waals surface area contributed by atoms with E-state index in [1.165, 1.54) is 11.8 Å². The van der Waals surface area contributed by atoms with Gasteiger partial charge in [0, 0.05) is 32.6 Å². The first kappa shape index (κ1) is 21.7. The van der Waals surface area contributed by atoms with Crippen molar-refractivity contribution in [2.45, 2.75) is 16.0 Å². The fourth-order valence-electron chi connectivity index (χ4n) is 3.08. The minimum Gasteiger partial charge on any atom is -0.376 e. The summed E-state index contributed by atoms with van der Waals surface area (Å²) in [5, 5.41) is 10.7. The molecule has 4 rings (SSSR count). The third-order valence-corrected chi connectivity index (χ3v) is 5.67. The number of hydrogen-bond donors (Lipinski definition) is 2. The van der Waals surface area contributed by atoms with Gasteiger partial charge in [0.1, 0.15) is 6.54 Å². The highest BCUT2D eigenvalue weighted by atomic mass is 32.2. The lowest BCUT2D eigenvalue weighted by Crippen LogP contribution is -2.27. The number of alkyl halides is 3. The summed E-state index contributed by atoms with van der Waals surface area (Å²) in [5.74, 6) is 0. The van der Waals surface area contributed by atoms with E-state index in [4.69, 9.17) is 0 Å². The molecule has 0 unspecified atom stereocenters. The summed E-state index contributed by atoms with van der Waals surface area (Å²) in [7, 11) is 0. The van der Waals surface area contributed by atoms with Crippen molar-refractivity contribution in [1.29, 1.82) is 0 Å². The monoisotopic (exact) mass is 452 g/mol. The zero-order valence-corrected chi connectivity index (χ0v) is 17.7. The summed E-state index contributed by atoms with van der Waals surface area (Å²) in [6, 6.07) is 18.8. The van der Waals surface area contributed by atoms with Gasteiger partial charge in [-0.05, 0) is 48.6 Å². The summed E-state index contributed by atoms with van der Waals surface area (Å²) in [5.41, 5.74) is 3.36. The van der Waals surface area contributed by atoms with Gasteiger partial charge < -0.3 is 5.32 Å². The van der Waals surface area contributed by atoms with Crippen LogP contribution in [0.15, 0.2) is 83.2 Å². The minimum atomic E-state index is -4.31. The highest BCUT2D eigenvalue weighted by Crippen LogP contribution is 2.34. The average molecular weight is 453 g/mol. The van der Waals surface area contributed by atoms with E-state index in [2.05, 4.69) is 27.1 Å². The fraction of sp³-hybridized carbons (Fsp3) is 0.0833. The molecule has 0 fully saturated rings. The van der Waals surface area contributed by atoms with Crippen LogP contribution in [0.2, 0.25) is 0 Å². The van der Waals surface area contributed by atoms with Gasteiger partial charge in [-0.3, -0.25) is 10.1 Å². The Bertz CT molecular complexity index is 1260. The number of aromatic amines is 1. The van der Waals surface area contributed by atoms with Crippen LogP contribution in [-0.4, -0.2) is 27.9 Å². The van der Waals surface area contributed by atoms with Gasteiger partial charge in [-0.2, -0.15) is 18.3 Å². The summed E-state index contributed by atoms with van der Waals surface area (Å²) < 4.78 is 37.7. The third kappa shape index (κ3) is 5.39. The summed E-state index contributed by atoms with van der Waals surface area (Å²) >= 11 is 1.45. The van der Waals surface area contributed by atoms with E-state index in [9.17, 15) is 13.2 Å². The fourth-order valence-corrected chi connectivity index (χ4v) is 4.10. The first-order valence-electron chi connectivity index (χ1n) is 9.73. The number of halogens is 3. The molecule has 0 spiro atoms. The summed E-state index contributed by atoms with van der Waals surface area (Å²) in [6.45, 7) is 2.65. The van der Waals surface area contributed by atoms with Crippen molar-refractivity contribution in [3.05, 3.63) is 90.4 Å². The normalized spacial score (nSPS) is 11.8. The number of fused-ring (bicyclic) bond motifs is 1. The zero-order valence-electron chi connectivity index (χ0n) is 16.9. The van der Waals surface area contributed by atoms with Gasteiger partial charge in [-0.25, -0.2) is 0 Å². The number of rotatable bonds is 7. The number of benzene rings is 2. The molecule has 4 aromatic rings. The van der Waals surface area contributed by atoms with Gasteiger partial charge >= 0.3 is 6.18 Å². The first-order chi connectivity index (χ1) is 15.4. The minimum absolute atomic E-state index is 0.231. The number of H-pyrrole nitrogens is 1. The van der Waals surface area contributed by atoms with E-state index >= 15 is 0 Å². The van der Waals surface area contributed by atoms with Gasteiger partial charge in [0.25, 0.3) is 0 Å². The lowest BCUT2D eigenvalue weighted by Gasteiger charge is -2.15. The highest BCUT2D eigenvalue weighted by Gasteiger charge is 2.27. The predicted octanol–water partition coefficient (Wildman–Crippen LogP) is 6.40. The highest BCUT2D eigenvalue weighted by molar-refractivity contribution is 7.99. The Hall–Kier alpha value is -3.52. The molecule has 0 bridgehead atoms. The molecule has 0 atom stereocenters. The van der Waals surface area contributed by atoms with Crippen molar-refractivity contribution in [3.63, 3.8) is 0 Å². The van der Waals surface area contributed by atoms with Crippen LogP contribution in [0.3, 0.4) is 0 Å². The number of aromatic nitrogens is 3. The van der Waals surface area contributed by atoms with Crippen LogP contribution >= 0.6 is 11.8 Å². The van der Waals surface area contributed by atoms with Crippen LogP contribution in [0.5, 0.6) is 0 Å². The lowest BCUT2D eigenvalue weighted by molar-refractivity contribution is -0.122. The van der Waals surface area contributed by atoms with Crippen molar-refractivity contribution in [3.8, 4) is 0 Å². The molecule has 0 aliphatic carbocycles. The van der Waals surface area contributed by atoms with Gasteiger partial charge in [0.2, 0.25) is 0 Å². The van der Waals surface area contributed by atoms with E-state index < -0.39 is 12.7 Å². The molecule has 32 heavy (non-hydrogen) atoms. The van der Waals surface area contributed by atoms with Crippen molar-refractivity contribution >= 4 is 40.5 Å². The lowest BCUT2D eigenvalue weighted by atomic mass is 10.2. The topological polar surface area (TPSA) is 53.6 Å². The molecule has 0 saturated carbocycles. The Kier molecular flexibility index (Phi) is 6.32. The number of nitrogens with one attached hydrogen (secondary N) is 2. The maximum Gasteiger partial charge on any atom is 0.405 e. The summed E-state index contributed by atoms with van der Waals surface area (Å²) in [4.78, 5) is 6.00. The maximum atomic E-state index is 12.6. The van der Waals surface area contributed by atoms with Crippen LogP contribution in [0.1, 0.15) is 17.0 Å². The van der Waals surface area contributed by atoms with Crippen LogP contribution in [-0.2, 0) is 0 Å². The van der Waals surface area contributed by atoms with Crippen LogP contribution < -0.4 is 5.32 Å². The van der Waals surface area contributed by atoms with Crippen molar-refractivity contribution in [1.82, 2.24) is 20.5 Å². The van der Waals surface area contributed by atoms with Gasteiger partial charge in [0.05, 0.1) is 16.9 Å². The van der Waals surface area contributed by atoms with E-state index in [1.807, 2.05) is 60.7 Å².